The third-order valence-corrected chi connectivity index (χ3v) is 4.62. The molecule has 2 rings (SSSR count). The number of likely N-dealkylation sites (tertiary alicyclic amines) is 1. The van der Waals surface area contributed by atoms with Crippen molar-refractivity contribution in [2.75, 3.05) is 26.2 Å². The van der Waals surface area contributed by atoms with E-state index in [1.807, 2.05) is 6.92 Å². The second-order valence-electron chi connectivity index (χ2n) is 6.34. The third kappa shape index (κ3) is 4.52. The first-order chi connectivity index (χ1) is 10.5. The molecule has 1 aromatic carbocycles. The molecule has 0 bridgehead atoms. The fraction of sp³-hybridized carbons (Fsp3) is 0.588. The van der Waals surface area contributed by atoms with Crippen molar-refractivity contribution in [1.29, 1.82) is 0 Å². The lowest BCUT2D eigenvalue weighted by molar-refractivity contribution is -0.123. The van der Waals surface area contributed by atoms with Crippen molar-refractivity contribution in [3.63, 3.8) is 0 Å². The number of nitrogens with one attached hydrogen (secondary N) is 1. The van der Waals surface area contributed by atoms with Crippen LogP contribution in [0.2, 0.25) is 0 Å². The van der Waals surface area contributed by atoms with Gasteiger partial charge in [0.2, 0.25) is 5.91 Å². The first-order valence-electron chi connectivity index (χ1n) is 7.97. The first-order valence-corrected chi connectivity index (χ1v) is 7.97. The Morgan fingerprint density at radius 2 is 2.14 bits per heavy atom. The van der Waals surface area contributed by atoms with Crippen LogP contribution in [0.4, 0.5) is 4.39 Å². The molecular weight excluding hydrogens is 281 g/mol. The quantitative estimate of drug-likeness (QED) is 0.874. The minimum absolute atomic E-state index is 0.00199. The molecule has 1 amide bonds. The molecular formula is C17H26FN3O. The van der Waals surface area contributed by atoms with Crippen LogP contribution in [0.5, 0.6) is 0 Å². The van der Waals surface area contributed by atoms with Gasteiger partial charge in [0.15, 0.2) is 0 Å². The summed E-state index contributed by atoms with van der Waals surface area (Å²) in [7, 11) is 0. The number of carbonyl (C=O) groups is 1. The fourth-order valence-corrected chi connectivity index (χ4v) is 3.00. The molecule has 0 radical (unpaired) electrons. The summed E-state index contributed by atoms with van der Waals surface area (Å²) in [6.07, 6.45) is 1.09. The van der Waals surface area contributed by atoms with Gasteiger partial charge >= 0.3 is 0 Å². The van der Waals surface area contributed by atoms with Gasteiger partial charge in [0.25, 0.3) is 0 Å². The lowest BCUT2D eigenvalue weighted by Gasteiger charge is -2.36. The Labute approximate surface area is 131 Å². The summed E-state index contributed by atoms with van der Waals surface area (Å²) in [5.74, 6) is 0.832. The van der Waals surface area contributed by atoms with Crippen molar-refractivity contribution in [2.45, 2.75) is 26.3 Å². The second-order valence-corrected chi connectivity index (χ2v) is 6.34. The van der Waals surface area contributed by atoms with Gasteiger partial charge in [-0.05, 0) is 56.0 Å². The molecule has 3 unspecified atom stereocenters. The number of nitrogens with zero attached hydrogens (tertiary/aromatic N) is 1. The Balaban J connectivity index is 1.83. The highest BCUT2D eigenvalue weighted by Gasteiger charge is 2.26. The maximum Gasteiger partial charge on any atom is 0.234 e. The number of carbonyl (C=O) groups excluding carboxylic acids is 1. The summed E-state index contributed by atoms with van der Waals surface area (Å²) < 4.78 is 12.9. The lowest BCUT2D eigenvalue weighted by Crippen LogP contribution is -2.47. The SMILES string of the molecule is CC(NC(=O)CN1CCC(C)C(CN)C1)c1ccc(F)cc1. The van der Waals surface area contributed by atoms with Gasteiger partial charge in [-0.3, -0.25) is 9.69 Å². The summed E-state index contributed by atoms with van der Waals surface area (Å²) >= 11 is 0. The Morgan fingerprint density at radius 1 is 1.45 bits per heavy atom. The zero-order valence-electron chi connectivity index (χ0n) is 13.4. The molecule has 3 N–H and O–H groups in total. The fourth-order valence-electron chi connectivity index (χ4n) is 3.00. The van der Waals surface area contributed by atoms with E-state index in [2.05, 4.69) is 17.1 Å². The number of piperidine rings is 1. The van der Waals surface area contributed by atoms with Crippen molar-refractivity contribution in [1.82, 2.24) is 10.2 Å². The van der Waals surface area contributed by atoms with Gasteiger partial charge in [0, 0.05) is 6.54 Å². The monoisotopic (exact) mass is 307 g/mol. The summed E-state index contributed by atoms with van der Waals surface area (Å²) in [5, 5.41) is 2.97. The van der Waals surface area contributed by atoms with E-state index in [1.54, 1.807) is 12.1 Å². The van der Waals surface area contributed by atoms with Crippen LogP contribution in [-0.4, -0.2) is 37.0 Å². The number of rotatable bonds is 5. The molecule has 1 heterocycles. The molecule has 122 valence electrons. The van der Waals surface area contributed by atoms with Crippen LogP contribution in [0.15, 0.2) is 24.3 Å². The summed E-state index contributed by atoms with van der Waals surface area (Å²) in [4.78, 5) is 14.4. The molecule has 1 aliphatic heterocycles. The standard InChI is InChI=1S/C17H26FN3O/c1-12-7-8-21(10-15(12)9-19)11-17(22)20-13(2)14-3-5-16(18)6-4-14/h3-6,12-13,15H,7-11,19H2,1-2H3,(H,20,22). The summed E-state index contributed by atoms with van der Waals surface area (Å²) in [6.45, 7) is 7.03. The van der Waals surface area contributed by atoms with Crippen LogP contribution < -0.4 is 11.1 Å². The predicted octanol–water partition coefficient (Wildman–Crippen LogP) is 1.92. The van der Waals surface area contributed by atoms with Crippen molar-refractivity contribution in [3.05, 3.63) is 35.6 Å². The van der Waals surface area contributed by atoms with Crippen molar-refractivity contribution < 1.29 is 9.18 Å². The number of amides is 1. The molecule has 1 saturated heterocycles. The van der Waals surface area contributed by atoms with Gasteiger partial charge in [-0.25, -0.2) is 4.39 Å². The van der Waals surface area contributed by atoms with Gasteiger partial charge in [-0.1, -0.05) is 19.1 Å². The highest BCUT2D eigenvalue weighted by atomic mass is 19.1. The average Bonchev–Trinajstić information content (AvgIpc) is 2.49. The molecule has 1 fully saturated rings. The minimum atomic E-state index is -0.266. The van der Waals surface area contributed by atoms with E-state index in [-0.39, 0.29) is 17.8 Å². The van der Waals surface area contributed by atoms with Crippen LogP contribution in [0, 0.1) is 17.7 Å². The van der Waals surface area contributed by atoms with E-state index in [0.29, 0.717) is 24.9 Å². The molecule has 5 heteroatoms. The third-order valence-electron chi connectivity index (χ3n) is 4.62. The van der Waals surface area contributed by atoms with E-state index >= 15 is 0 Å². The Bertz CT molecular complexity index is 491. The van der Waals surface area contributed by atoms with Crippen LogP contribution >= 0.6 is 0 Å². The summed E-state index contributed by atoms with van der Waals surface area (Å²) in [5.41, 5.74) is 6.70. The minimum Gasteiger partial charge on any atom is -0.348 e. The molecule has 0 saturated carbocycles. The van der Waals surface area contributed by atoms with Gasteiger partial charge < -0.3 is 11.1 Å². The first kappa shape index (κ1) is 16.9. The van der Waals surface area contributed by atoms with Gasteiger partial charge in [0.05, 0.1) is 12.6 Å². The van der Waals surface area contributed by atoms with Gasteiger partial charge in [0.1, 0.15) is 5.82 Å². The molecule has 4 nitrogen and oxygen atoms in total. The molecule has 1 aliphatic rings. The van der Waals surface area contributed by atoms with Crippen molar-refractivity contribution in [2.24, 2.45) is 17.6 Å². The Morgan fingerprint density at radius 3 is 2.77 bits per heavy atom. The Kier molecular flexibility index (Phi) is 5.91. The maximum atomic E-state index is 12.9. The lowest BCUT2D eigenvalue weighted by atomic mass is 9.87. The molecule has 22 heavy (non-hydrogen) atoms. The maximum absolute atomic E-state index is 12.9. The highest BCUT2D eigenvalue weighted by molar-refractivity contribution is 5.78. The number of nitrogens with two attached hydrogens (primary N) is 1. The summed E-state index contributed by atoms with van der Waals surface area (Å²) in [6, 6.07) is 6.11. The predicted molar refractivity (Wildman–Crippen MR) is 85.7 cm³/mol. The normalized spacial score (nSPS) is 24.0. The number of hydrogen-bond acceptors (Lipinski definition) is 3. The van der Waals surface area contributed by atoms with Crippen LogP contribution in [-0.2, 0) is 4.79 Å². The van der Waals surface area contributed by atoms with Crippen LogP contribution in [0.25, 0.3) is 0 Å². The van der Waals surface area contributed by atoms with E-state index in [1.165, 1.54) is 12.1 Å². The number of hydrogen-bond donors (Lipinski definition) is 2. The van der Waals surface area contributed by atoms with Gasteiger partial charge in [-0.2, -0.15) is 0 Å². The average molecular weight is 307 g/mol. The molecule has 0 spiro atoms. The zero-order chi connectivity index (χ0) is 16.1. The van der Waals surface area contributed by atoms with Gasteiger partial charge in [-0.15, -0.1) is 0 Å². The highest BCUT2D eigenvalue weighted by Crippen LogP contribution is 2.22. The molecule has 0 aromatic heterocycles. The number of benzene rings is 1. The van der Waals surface area contributed by atoms with Crippen LogP contribution in [0.3, 0.4) is 0 Å². The number of halogens is 1. The smallest absolute Gasteiger partial charge is 0.234 e. The molecule has 0 aliphatic carbocycles. The second kappa shape index (κ2) is 7.70. The van der Waals surface area contributed by atoms with E-state index in [0.717, 1.165) is 25.1 Å². The van der Waals surface area contributed by atoms with E-state index in [4.69, 9.17) is 5.73 Å². The molecule has 1 aromatic rings. The van der Waals surface area contributed by atoms with E-state index in [9.17, 15) is 9.18 Å². The van der Waals surface area contributed by atoms with Crippen molar-refractivity contribution >= 4 is 5.91 Å². The Hall–Kier alpha value is -1.46. The molecule has 3 atom stereocenters. The topological polar surface area (TPSA) is 58.4 Å². The largest absolute Gasteiger partial charge is 0.348 e. The van der Waals surface area contributed by atoms with Crippen LogP contribution in [0.1, 0.15) is 31.9 Å². The zero-order valence-corrected chi connectivity index (χ0v) is 13.4. The van der Waals surface area contributed by atoms with Crippen molar-refractivity contribution in [3.8, 4) is 0 Å². The van der Waals surface area contributed by atoms with E-state index < -0.39 is 0 Å².